The third-order valence-electron chi connectivity index (χ3n) is 8.00. The first-order chi connectivity index (χ1) is 19.4. The van der Waals surface area contributed by atoms with Crippen LogP contribution < -0.4 is 16.0 Å². The number of carbonyl (C=O) groups excluding carboxylic acids is 3. The molecule has 3 unspecified atom stereocenters. The molecule has 3 aliphatic rings. The summed E-state index contributed by atoms with van der Waals surface area (Å²) < 4.78 is 63.9. The van der Waals surface area contributed by atoms with Crippen LogP contribution in [0, 0.1) is 24.7 Å². The summed E-state index contributed by atoms with van der Waals surface area (Å²) in [5.74, 6) is -2.41. The van der Waals surface area contributed by atoms with Crippen molar-refractivity contribution in [2.24, 2.45) is 22.7 Å². The number of hydrogen-bond acceptors (Lipinski definition) is 7. The number of aryl methyl sites for hydroxylation is 1. The predicted molar refractivity (Wildman–Crippen MR) is 137 cm³/mol. The number of methoxy groups -OCH3 is 1. The number of carbonyl (C=O) groups is 3. The smallest absolute Gasteiger partial charge is 0.383 e. The van der Waals surface area contributed by atoms with Gasteiger partial charge in [0, 0.05) is 30.7 Å². The molecule has 3 heterocycles. The molecular formula is C26H34F4N6O5. The van der Waals surface area contributed by atoms with E-state index in [4.69, 9.17) is 9.26 Å². The molecule has 1 saturated heterocycles. The summed E-state index contributed by atoms with van der Waals surface area (Å²) in [6.07, 6.45) is 0.0561. The van der Waals surface area contributed by atoms with E-state index in [1.807, 2.05) is 5.32 Å². The maximum absolute atomic E-state index is 13.9. The number of aliphatic imine (C=N–C) groups is 1. The van der Waals surface area contributed by atoms with Crippen LogP contribution in [-0.2, 0) is 9.53 Å². The number of urea groups is 1. The van der Waals surface area contributed by atoms with Crippen molar-refractivity contribution in [3.63, 3.8) is 0 Å². The minimum atomic E-state index is -4.61. The molecule has 15 heteroatoms. The first-order valence-electron chi connectivity index (χ1n) is 13.4. The molecule has 1 aromatic heterocycles. The third-order valence-corrected chi connectivity index (χ3v) is 8.00. The highest BCUT2D eigenvalue weighted by Crippen LogP contribution is 2.32. The van der Waals surface area contributed by atoms with Gasteiger partial charge in [0.2, 0.25) is 5.91 Å². The second kappa shape index (κ2) is 12.6. The standard InChI is InChI=1S/C26H34F4N6O5/c1-13-11-41-35-20(13)23(37)33-21(15-4-6-16(27)7-5-15)24(38)34-22-14(2)17(8-9-31-22)18(12-40-3)36-10-19(26(28,29)30)32-25(36)39/h8-9,11,14-19,21H,4-7,10,12H2,1-3H3,(H,32,39)(H,33,37)(H,31,34,38)/t14?,15?,16?,17?,18-,19+,21?/m1/s1. The lowest BCUT2D eigenvalue weighted by atomic mass is 9.82. The van der Waals surface area contributed by atoms with Crippen LogP contribution in [0.25, 0.3) is 0 Å². The number of nitrogens with zero attached hydrogens (tertiary/aromatic N) is 3. The van der Waals surface area contributed by atoms with Gasteiger partial charge in [0.25, 0.3) is 5.91 Å². The molecule has 2 fully saturated rings. The van der Waals surface area contributed by atoms with Gasteiger partial charge in [0.15, 0.2) is 5.69 Å². The molecule has 1 aromatic rings. The number of aromatic nitrogens is 1. The summed E-state index contributed by atoms with van der Waals surface area (Å²) in [5.41, 5.74) is 0.507. The van der Waals surface area contributed by atoms with Gasteiger partial charge in [-0.3, -0.25) is 9.59 Å². The van der Waals surface area contributed by atoms with Crippen LogP contribution >= 0.6 is 0 Å². The molecule has 0 spiro atoms. The van der Waals surface area contributed by atoms with Crippen LogP contribution in [0.1, 0.15) is 48.7 Å². The second-order valence-corrected chi connectivity index (χ2v) is 10.7. The lowest BCUT2D eigenvalue weighted by Crippen LogP contribution is -2.55. The Morgan fingerprint density at radius 3 is 2.56 bits per heavy atom. The Labute approximate surface area is 234 Å². The Kier molecular flexibility index (Phi) is 9.34. The Morgan fingerprint density at radius 1 is 1.27 bits per heavy atom. The van der Waals surface area contributed by atoms with E-state index in [1.165, 1.54) is 19.6 Å². The third kappa shape index (κ3) is 6.88. The fraction of sp³-hybridized carbons (Fsp3) is 0.654. The van der Waals surface area contributed by atoms with Crippen LogP contribution in [0.5, 0.6) is 0 Å². The Balaban J connectivity index is 1.50. The van der Waals surface area contributed by atoms with Crippen LogP contribution in [-0.4, -0.2) is 84.5 Å². The number of amidine groups is 1. The van der Waals surface area contributed by atoms with Gasteiger partial charge in [-0.2, -0.15) is 13.2 Å². The number of nitrogens with one attached hydrogen (secondary N) is 3. The summed E-state index contributed by atoms with van der Waals surface area (Å²) in [6.45, 7) is 2.72. The van der Waals surface area contributed by atoms with Gasteiger partial charge in [-0.25, -0.2) is 14.2 Å². The topological polar surface area (TPSA) is 138 Å². The first-order valence-corrected chi connectivity index (χ1v) is 13.4. The molecule has 0 radical (unpaired) electrons. The molecule has 0 aromatic carbocycles. The minimum Gasteiger partial charge on any atom is -0.383 e. The molecule has 4 rings (SSSR count). The largest absolute Gasteiger partial charge is 0.410 e. The van der Waals surface area contributed by atoms with Crippen molar-refractivity contribution >= 4 is 23.7 Å². The molecule has 2 aliphatic heterocycles. The highest BCUT2D eigenvalue weighted by molar-refractivity contribution is 6.04. The van der Waals surface area contributed by atoms with Crippen molar-refractivity contribution in [2.75, 3.05) is 20.3 Å². The van der Waals surface area contributed by atoms with E-state index in [9.17, 15) is 31.9 Å². The summed E-state index contributed by atoms with van der Waals surface area (Å²) in [6, 6.07) is -4.69. The maximum Gasteiger partial charge on any atom is 0.410 e. The Morgan fingerprint density at radius 2 is 1.98 bits per heavy atom. The number of ether oxygens (including phenoxy) is 1. The number of alkyl halides is 4. The van der Waals surface area contributed by atoms with Crippen molar-refractivity contribution in [1.29, 1.82) is 0 Å². The van der Waals surface area contributed by atoms with Gasteiger partial charge in [0.05, 0.1) is 19.2 Å². The molecule has 0 bridgehead atoms. The highest BCUT2D eigenvalue weighted by atomic mass is 19.4. The van der Waals surface area contributed by atoms with Crippen LogP contribution in [0.2, 0.25) is 0 Å². The zero-order valence-corrected chi connectivity index (χ0v) is 22.9. The summed E-state index contributed by atoms with van der Waals surface area (Å²) in [4.78, 5) is 44.4. The van der Waals surface area contributed by atoms with E-state index < -0.39 is 66.7 Å². The molecule has 5 atom stereocenters. The van der Waals surface area contributed by atoms with Crippen molar-refractivity contribution < 1.29 is 41.2 Å². The normalized spacial score (nSPS) is 28.1. The maximum atomic E-state index is 13.9. The molecule has 226 valence electrons. The van der Waals surface area contributed by atoms with Gasteiger partial charge < -0.3 is 30.1 Å². The fourth-order valence-electron chi connectivity index (χ4n) is 5.63. The summed E-state index contributed by atoms with van der Waals surface area (Å²) in [7, 11) is 1.38. The van der Waals surface area contributed by atoms with Crippen molar-refractivity contribution in [3.05, 3.63) is 29.8 Å². The molecule has 41 heavy (non-hydrogen) atoms. The second-order valence-electron chi connectivity index (χ2n) is 10.7. The highest BCUT2D eigenvalue weighted by Gasteiger charge is 2.50. The number of amides is 4. The van der Waals surface area contributed by atoms with E-state index in [0.717, 1.165) is 4.90 Å². The molecule has 4 amide bonds. The van der Waals surface area contributed by atoms with Crippen LogP contribution in [0.15, 0.2) is 28.1 Å². The SMILES string of the molecule is COC[C@H](C1C=CN=C(NC(=O)C(NC(=O)c2nocc2C)C2CCC(F)CC2)C1C)N1C[C@@H](C(F)(F)F)NC1=O. The van der Waals surface area contributed by atoms with Crippen molar-refractivity contribution in [1.82, 2.24) is 26.0 Å². The molecule has 11 nitrogen and oxygen atoms in total. The van der Waals surface area contributed by atoms with E-state index in [0.29, 0.717) is 18.4 Å². The average molecular weight is 587 g/mol. The Bertz CT molecular complexity index is 1180. The number of rotatable bonds is 8. The van der Waals surface area contributed by atoms with E-state index in [1.54, 1.807) is 19.9 Å². The van der Waals surface area contributed by atoms with Crippen LogP contribution in [0.3, 0.4) is 0 Å². The summed E-state index contributed by atoms with van der Waals surface area (Å²) in [5, 5.41) is 11.2. The van der Waals surface area contributed by atoms with E-state index in [-0.39, 0.29) is 36.9 Å². The van der Waals surface area contributed by atoms with E-state index in [2.05, 4.69) is 20.8 Å². The quantitative estimate of drug-likeness (QED) is 0.401. The minimum absolute atomic E-state index is 0.0248. The number of hydrogen-bond donors (Lipinski definition) is 3. The Hall–Kier alpha value is -3.49. The zero-order chi connectivity index (χ0) is 29.9. The fourth-order valence-corrected chi connectivity index (χ4v) is 5.63. The van der Waals surface area contributed by atoms with Crippen molar-refractivity contribution in [2.45, 2.75) is 70.0 Å². The lowest BCUT2D eigenvalue weighted by Gasteiger charge is -2.37. The molecule has 3 N–H and O–H groups in total. The first kappa shape index (κ1) is 30.5. The van der Waals surface area contributed by atoms with Crippen LogP contribution in [0.4, 0.5) is 22.4 Å². The van der Waals surface area contributed by atoms with Gasteiger partial charge in [-0.15, -0.1) is 0 Å². The van der Waals surface area contributed by atoms with Crippen molar-refractivity contribution in [3.8, 4) is 0 Å². The van der Waals surface area contributed by atoms with E-state index >= 15 is 0 Å². The predicted octanol–water partition coefficient (Wildman–Crippen LogP) is 2.88. The van der Waals surface area contributed by atoms with Gasteiger partial charge in [-0.1, -0.05) is 18.2 Å². The lowest BCUT2D eigenvalue weighted by molar-refractivity contribution is -0.150. The van der Waals surface area contributed by atoms with Gasteiger partial charge in [-0.05, 0) is 38.5 Å². The summed E-state index contributed by atoms with van der Waals surface area (Å²) >= 11 is 0. The molecule has 1 aliphatic carbocycles. The monoisotopic (exact) mass is 586 g/mol. The van der Waals surface area contributed by atoms with Gasteiger partial charge >= 0.3 is 12.2 Å². The number of halogens is 4. The van der Waals surface area contributed by atoms with Gasteiger partial charge in [0.1, 0.15) is 30.4 Å². The average Bonchev–Trinajstić information content (AvgIpc) is 3.53. The molecule has 1 saturated carbocycles. The molecular weight excluding hydrogens is 552 g/mol. The zero-order valence-electron chi connectivity index (χ0n) is 22.9.